The number of aromatic nitrogens is 2. The van der Waals surface area contributed by atoms with Crippen molar-refractivity contribution < 1.29 is 33.1 Å². The SMILES string of the molecule is CC(C)(C)OC(=O)NCc1ccc(Cc2cc(-c3cccnc3N(C(=O)OC(C)(C)C)C(=O)OC(C)(C)C)on2)cc1. The highest BCUT2D eigenvalue weighted by Crippen LogP contribution is 2.32. The third-order valence-electron chi connectivity index (χ3n) is 5.22. The molecule has 2 aromatic heterocycles. The number of rotatable bonds is 6. The first-order chi connectivity index (χ1) is 19.4. The van der Waals surface area contributed by atoms with Crippen molar-refractivity contribution in [3.63, 3.8) is 0 Å². The van der Waals surface area contributed by atoms with Gasteiger partial charge in [-0.15, -0.1) is 0 Å². The Hall–Kier alpha value is -4.41. The number of carbonyl (C=O) groups is 3. The van der Waals surface area contributed by atoms with Crippen molar-refractivity contribution in [1.82, 2.24) is 15.5 Å². The smallest absolute Gasteiger partial charge is 0.425 e. The van der Waals surface area contributed by atoms with Crippen molar-refractivity contribution in [2.24, 2.45) is 0 Å². The van der Waals surface area contributed by atoms with Crippen LogP contribution < -0.4 is 10.2 Å². The number of pyridine rings is 1. The van der Waals surface area contributed by atoms with Gasteiger partial charge in [0, 0.05) is 25.2 Å². The van der Waals surface area contributed by atoms with Gasteiger partial charge in [-0.2, -0.15) is 4.90 Å². The third-order valence-corrected chi connectivity index (χ3v) is 5.22. The minimum atomic E-state index is -0.933. The Morgan fingerprint density at radius 2 is 1.36 bits per heavy atom. The zero-order valence-corrected chi connectivity index (χ0v) is 25.7. The lowest BCUT2D eigenvalue weighted by Gasteiger charge is -2.28. The second-order valence-electron chi connectivity index (χ2n) is 12.7. The molecule has 11 heteroatoms. The molecule has 0 saturated heterocycles. The predicted octanol–water partition coefficient (Wildman–Crippen LogP) is 7.03. The molecule has 3 amide bonds. The van der Waals surface area contributed by atoms with E-state index in [-0.39, 0.29) is 5.82 Å². The van der Waals surface area contributed by atoms with Gasteiger partial charge in [0.1, 0.15) is 16.8 Å². The fourth-order valence-electron chi connectivity index (χ4n) is 3.62. The summed E-state index contributed by atoms with van der Waals surface area (Å²) in [5.41, 5.74) is 0.559. The van der Waals surface area contributed by atoms with Gasteiger partial charge in [0.2, 0.25) is 0 Å². The second-order valence-corrected chi connectivity index (χ2v) is 12.7. The largest absolute Gasteiger partial charge is 0.444 e. The van der Waals surface area contributed by atoms with Gasteiger partial charge >= 0.3 is 18.3 Å². The van der Waals surface area contributed by atoms with Gasteiger partial charge in [0.15, 0.2) is 11.6 Å². The lowest BCUT2D eigenvalue weighted by molar-refractivity contribution is 0.0426. The maximum Gasteiger partial charge on any atom is 0.425 e. The standard InChI is InChI=1S/C31H40N4O7/c1-29(2,3)39-26(36)33-19-21-14-12-20(13-15-21)17-22-18-24(42-34-22)23-11-10-16-32-25(23)35(27(37)40-30(4,5)6)28(38)41-31(7,8)9/h10-16,18H,17,19H2,1-9H3,(H,33,36). The van der Waals surface area contributed by atoms with E-state index in [0.717, 1.165) is 16.0 Å². The van der Waals surface area contributed by atoms with Gasteiger partial charge in [-0.1, -0.05) is 29.4 Å². The van der Waals surface area contributed by atoms with Crippen molar-refractivity contribution >= 4 is 24.1 Å². The molecule has 0 aliphatic carbocycles. The van der Waals surface area contributed by atoms with Crippen LogP contribution >= 0.6 is 0 Å². The molecular weight excluding hydrogens is 540 g/mol. The number of ether oxygens (including phenoxy) is 3. The molecule has 0 fully saturated rings. The summed E-state index contributed by atoms with van der Waals surface area (Å²) >= 11 is 0. The Morgan fingerprint density at radius 1 is 0.810 bits per heavy atom. The van der Waals surface area contributed by atoms with Crippen molar-refractivity contribution in [2.75, 3.05) is 4.90 Å². The van der Waals surface area contributed by atoms with Gasteiger partial charge in [0.25, 0.3) is 0 Å². The van der Waals surface area contributed by atoms with Gasteiger partial charge in [-0.3, -0.25) is 0 Å². The van der Waals surface area contributed by atoms with E-state index >= 15 is 0 Å². The number of carbonyl (C=O) groups excluding carboxylic acids is 3. The summed E-state index contributed by atoms with van der Waals surface area (Å²) in [7, 11) is 0. The molecule has 0 aliphatic rings. The molecule has 0 spiro atoms. The van der Waals surface area contributed by atoms with E-state index in [1.807, 2.05) is 45.0 Å². The molecule has 0 atom stereocenters. The summed E-state index contributed by atoms with van der Waals surface area (Å²) in [5.74, 6) is 0.300. The number of benzene rings is 1. The number of hydrogen-bond donors (Lipinski definition) is 1. The topological polar surface area (TPSA) is 133 Å². The second kappa shape index (κ2) is 12.6. The fraction of sp³-hybridized carbons (Fsp3) is 0.452. The summed E-state index contributed by atoms with van der Waals surface area (Å²) in [6.07, 6.45) is -0.429. The maximum absolute atomic E-state index is 13.2. The third kappa shape index (κ3) is 9.90. The first-order valence-corrected chi connectivity index (χ1v) is 13.6. The summed E-state index contributed by atoms with van der Waals surface area (Å²) in [6, 6.07) is 12.7. The zero-order chi connectivity index (χ0) is 31.3. The van der Waals surface area contributed by atoms with Crippen molar-refractivity contribution in [3.05, 3.63) is 65.5 Å². The van der Waals surface area contributed by atoms with Crippen LogP contribution in [0, 0.1) is 0 Å². The van der Waals surface area contributed by atoms with E-state index in [1.54, 1.807) is 59.7 Å². The van der Waals surface area contributed by atoms with Crippen LogP contribution in [-0.2, 0) is 27.2 Å². The number of imide groups is 1. The molecule has 0 saturated carbocycles. The van der Waals surface area contributed by atoms with Crippen molar-refractivity contribution in [3.8, 4) is 11.3 Å². The monoisotopic (exact) mass is 580 g/mol. The number of anilines is 1. The molecule has 11 nitrogen and oxygen atoms in total. The van der Waals surface area contributed by atoms with Crippen LogP contribution in [0.3, 0.4) is 0 Å². The van der Waals surface area contributed by atoms with E-state index in [2.05, 4.69) is 15.5 Å². The highest BCUT2D eigenvalue weighted by molar-refractivity contribution is 6.10. The molecule has 0 unspecified atom stereocenters. The normalized spacial score (nSPS) is 11.9. The molecule has 42 heavy (non-hydrogen) atoms. The van der Waals surface area contributed by atoms with E-state index in [9.17, 15) is 14.4 Å². The Labute approximate surface area is 246 Å². The zero-order valence-electron chi connectivity index (χ0n) is 25.7. The van der Waals surface area contributed by atoms with Crippen LogP contribution in [0.5, 0.6) is 0 Å². The fourth-order valence-corrected chi connectivity index (χ4v) is 3.62. The van der Waals surface area contributed by atoms with Crippen LogP contribution in [-0.4, -0.2) is 45.2 Å². The predicted molar refractivity (Wildman–Crippen MR) is 157 cm³/mol. The molecule has 1 aromatic carbocycles. The average molecular weight is 581 g/mol. The van der Waals surface area contributed by atoms with Gasteiger partial charge in [-0.25, -0.2) is 19.4 Å². The van der Waals surface area contributed by atoms with Gasteiger partial charge < -0.3 is 24.1 Å². The number of nitrogens with zero attached hydrogens (tertiary/aromatic N) is 3. The number of amides is 3. The summed E-state index contributed by atoms with van der Waals surface area (Å²) in [4.78, 5) is 43.3. The molecule has 1 N–H and O–H groups in total. The van der Waals surface area contributed by atoms with E-state index in [1.165, 1.54) is 6.20 Å². The average Bonchev–Trinajstić information content (AvgIpc) is 3.29. The van der Waals surface area contributed by atoms with Crippen LogP contribution in [0.4, 0.5) is 20.2 Å². The summed E-state index contributed by atoms with van der Waals surface area (Å²) < 4.78 is 21.9. The highest BCUT2D eigenvalue weighted by Gasteiger charge is 2.35. The van der Waals surface area contributed by atoms with E-state index in [0.29, 0.717) is 30.0 Å². The first kappa shape index (κ1) is 32.1. The minimum absolute atomic E-state index is 0.00876. The van der Waals surface area contributed by atoms with Crippen LogP contribution in [0.2, 0.25) is 0 Å². The van der Waals surface area contributed by atoms with Crippen LogP contribution in [0.1, 0.15) is 79.1 Å². The molecule has 0 radical (unpaired) electrons. The summed E-state index contributed by atoms with van der Waals surface area (Å²) in [6.45, 7) is 16.0. The molecule has 226 valence electrons. The molecule has 3 aromatic rings. The van der Waals surface area contributed by atoms with Gasteiger partial charge in [0.05, 0.1) is 11.3 Å². The minimum Gasteiger partial charge on any atom is -0.444 e. The van der Waals surface area contributed by atoms with E-state index in [4.69, 9.17) is 18.7 Å². The lowest BCUT2D eigenvalue weighted by Crippen LogP contribution is -2.44. The number of hydrogen-bond acceptors (Lipinski definition) is 9. The van der Waals surface area contributed by atoms with Crippen LogP contribution in [0.25, 0.3) is 11.3 Å². The Balaban J connectivity index is 1.80. The van der Waals surface area contributed by atoms with Crippen LogP contribution in [0.15, 0.2) is 53.2 Å². The Bertz CT molecular complexity index is 1370. The summed E-state index contributed by atoms with van der Waals surface area (Å²) in [5, 5.41) is 6.92. The van der Waals surface area contributed by atoms with Crippen molar-refractivity contribution in [1.29, 1.82) is 0 Å². The lowest BCUT2D eigenvalue weighted by atomic mass is 10.1. The maximum atomic E-state index is 13.2. The first-order valence-electron chi connectivity index (χ1n) is 13.6. The quantitative estimate of drug-likeness (QED) is 0.305. The molecule has 3 rings (SSSR count). The number of nitrogens with one attached hydrogen (secondary N) is 1. The Morgan fingerprint density at radius 3 is 1.90 bits per heavy atom. The molecule has 0 bridgehead atoms. The van der Waals surface area contributed by atoms with Gasteiger partial charge in [-0.05, 0) is 85.6 Å². The molecule has 2 heterocycles. The van der Waals surface area contributed by atoms with Crippen molar-refractivity contribution in [2.45, 2.75) is 92.1 Å². The highest BCUT2D eigenvalue weighted by atomic mass is 16.6. The number of alkyl carbamates (subject to hydrolysis) is 1. The molecule has 0 aliphatic heterocycles. The van der Waals surface area contributed by atoms with E-state index < -0.39 is 35.1 Å². The molecular formula is C31H40N4O7. The Kier molecular flexibility index (Phi) is 9.65.